The molecule has 5 heteroatoms. The van der Waals surface area contributed by atoms with Crippen molar-refractivity contribution in [1.29, 1.82) is 0 Å². The van der Waals surface area contributed by atoms with Crippen molar-refractivity contribution in [3.05, 3.63) is 59.0 Å². The Balaban J connectivity index is 1.42. The molecular formula is C21H22N4O. The summed E-state index contributed by atoms with van der Waals surface area (Å²) in [7, 11) is 1.91. The van der Waals surface area contributed by atoms with Gasteiger partial charge in [0.1, 0.15) is 5.82 Å². The number of nitrogens with one attached hydrogen (secondary N) is 1. The van der Waals surface area contributed by atoms with E-state index in [2.05, 4.69) is 39.2 Å². The molecule has 0 unspecified atom stereocenters. The highest BCUT2D eigenvalue weighted by Gasteiger charge is 2.29. The van der Waals surface area contributed by atoms with E-state index < -0.39 is 0 Å². The van der Waals surface area contributed by atoms with Crippen LogP contribution in [0.3, 0.4) is 0 Å². The number of carbonyl (C=O) groups is 1. The highest BCUT2D eigenvalue weighted by Crippen LogP contribution is 2.32. The Kier molecular flexibility index (Phi) is 3.55. The van der Waals surface area contributed by atoms with Crippen molar-refractivity contribution >= 4 is 17.1 Å². The van der Waals surface area contributed by atoms with E-state index in [0.29, 0.717) is 11.2 Å². The van der Waals surface area contributed by atoms with Gasteiger partial charge in [-0.2, -0.15) is 0 Å². The first-order valence-corrected chi connectivity index (χ1v) is 9.36. The highest BCUT2D eigenvalue weighted by molar-refractivity contribution is 6.04. The Morgan fingerprint density at radius 3 is 2.62 bits per heavy atom. The molecule has 1 aromatic carbocycles. The first kappa shape index (κ1) is 15.6. The first-order valence-electron chi connectivity index (χ1n) is 9.36. The van der Waals surface area contributed by atoms with E-state index >= 15 is 0 Å². The van der Waals surface area contributed by atoms with Gasteiger partial charge in [-0.05, 0) is 48.8 Å². The van der Waals surface area contributed by atoms with Crippen molar-refractivity contribution in [3.63, 3.8) is 0 Å². The van der Waals surface area contributed by atoms with Gasteiger partial charge >= 0.3 is 0 Å². The van der Waals surface area contributed by atoms with Gasteiger partial charge < -0.3 is 9.88 Å². The average Bonchev–Trinajstić information content (AvgIpc) is 3.20. The van der Waals surface area contributed by atoms with Crippen LogP contribution in [0.15, 0.2) is 36.5 Å². The fourth-order valence-electron chi connectivity index (χ4n) is 3.99. The lowest BCUT2D eigenvalue weighted by Crippen LogP contribution is -2.37. The number of imidazole rings is 1. The molecule has 0 saturated heterocycles. The molecule has 2 heterocycles. The fraction of sp³-hybridized carbons (Fsp3) is 0.381. The molecule has 2 aliphatic rings. The molecule has 1 N–H and O–H groups in total. The summed E-state index contributed by atoms with van der Waals surface area (Å²) in [4.78, 5) is 27.4. The molecule has 0 atom stereocenters. The van der Waals surface area contributed by atoms with Gasteiger partial charge in [-0.3, -0.25) is 4.79 Å². The monoisotopic (exact) mass is 346 g/mol. The quantitative estimate of drug-likeness (QED) is 0.789. The Labute approximate surface area is 152 Å². The molecule has 5 nitrogen and oxygen atoms in total. The smallest absolute Gasteiger partial charge is 0.256 e. The van der Waals surface area contributed by atoms with Gasteiger partial charge in [0.25, 0.3) is 5.91 Å². The largest absolute Gasteiger partial charge is 0.340 e. The van der Waals surface area contributed by atoms with Gasteiger partial charge in [0.05, 0.1) is 11.1 Å². The Morgan fingerprint density at radius 1 is 1.19 bits per heavy atom. The third kappa shape index (κ3) is 2.68. The zero-order valence-electron chi connectivity index (χ0n) is 14.9. The van der Waals surface area contributed by atoms with Crippen LogP contribution in [0.25, 0.3) is 11.2 Å². The van der Waals surface area contributed by atoms with E-state index in [1.54, 1.807) is 6.20 Å². The third-order valence-electron chi connectivity index (χ3n) is 5.75. The molecule has 2 aromatic heterocycles. The van der Waals surface area contributed by atoms with E-state index in [1.165, 1.54) is 24.0 Å². The number of hydrogen-bond donors (Lipinski definition) is 1. The maximum Gasteiger partial charge on any atom is 0.256 e. The van der Waals surface area contributed by atoms with Gasteiger partial charge in [0, 0.05) is 25.7 Å². The molecular weight excluding hydrogens is 324 g/mol. The second-order valence-corrected chi connectivity index (χ2v) is 7.63. The molecule has 0 spiro atoms. The average molecular weight is 346 g/mol. The van der Waals surface area contributed by atoms with Crippen LogP contribution in [-0.2, 0) is 19.3 Å². The molecule has 132 valence electrons. The minimum Gasteiger partial charge on any atom is -0.340 e. The number of likely N-dealkylation sites (N-methyl/N-ethyl adjacent to an activating group) is 1. The van der Waals surface area contributed by atoms with Crippen LogP contribution >= 0.6 is 0 Å². The number of hydrogen-bond acceptors (Lipinski definition) is 3. The Hall–Kier alpha value is -2.69. The minimum absolute atomic E-state index is 0.0387. The molecule has 0 aliphatic heterocycles. The maximum absolute atomic E-state index is 13.2. The third-order valence-corrected chi connectivity index (χ3v) is 5.75. The predicted octanol–water partition coefficient (Wildman–Crippen LogP) is 3.15. The van der Waals surface area contributed by atoms with Crippen LogP contribution in [0, 0.1) is 5.92 Å². The number of amides is 1. The van der Waals surface area contributed by atoms with Crippen molar-refractivity contribution in [1.82, 2.24) is 19.9 Å². The summed E-state index contributed by atoms with van der Waals surface area (Å²) in [6.07, 6.45) is 7.04. The number of benzene rings is 1. The lowest BCUT2D eigenvalue weighted by molar-refractivity contribution is 0.0739. The number of fused-ring (bicyclic) bond motifs is 2. The van der Waals surface area contributed by atoms with Crippen LogP contribution in [-0.4, -0.2) is 38.8 Å². The van der Waals surface area contributed by atoms with Crippen LogP contribution in [0.5, 0.6) is 0 Å². The molecule has 0 radical (unpaired) electrons. The SMILES string of the molecule is CN(C(=O)c1ccnc2nc(CC3CC3)[nH]c12)C1Cc2ccccc2C1. The zero-order chi connectivity index (χ0) is 17.7. The Bertz CT molecular complexity index is 964. The highest BCUT2D eigenvalue weighted by atomic mass is 16.2. The predicted molar refractivity (Wildman–Crippen MR) is 100 cm³/mol. The molecule has 1 amide bonds. The van der Waals surface area contributed by atoms with Gasteiger partial charge in [-0.15, -0.1) is 0 Å². The second-order valence-electron chi connectivity index (χ2n) is 7.63. The van der Waals surface area contributed by atoms with Crippen LogP contribution in [0.1, 0.15) is 40.2 Å². The summed E-state index contributed by atoms with van der Waals surface area (Å²) in [5.74, 6) is 1.73. The van der Waals surface area contributed by atoms with Gasteiger partial charge in [-0.1, -0.05) is 24.3 Å². The standard InChI is InChI=1S/C21H22N4O/c1-25(16-11-14-4-2-3-5-15(14)12-16)21(26)17-8-9-22-20-19(17)23-18(24-20)10-13-6-7-13/h2-5,8-9,13,16H,6-7,10-12H2,1H3,(H,22,23,24). The number of rotatable bonds is 4. The number of H-pyrrole nitrogens is 1. The molecule has 26 heavy (non-hydrogen) atoms. The number of aromatic amines is 1. The van der Waals surface area contributed by atoms with Crippen LogP contribution in [0.4, 0.5) is 0 Å². The molecule has 0 bridgehead atoms. The number of aromatic nitrogens is 3. The molecule has 2 aliphatic carbocycles. The van der Waals surface area contributed by atoms with Crippen LogP contribution < -0.4 is 0 Å². The number of nitrogens with zero attached hydrogens (tertiary/aromatic N) is 3. The molecule has 3 aromatic rings. The van der Waals surface area contributed by atoms with Crippen molar-refractivity contribution < 1.29 is 4.79 Å². The van der Waals surface area contributed by atoms with E-state index in [0.717, 1.165) is 36.5 Å². The number of pyridine rings is 1. The molecule has 1 fully saturated rings. The van der Waals surface area contributed by atoms with E-state index in [-0.39, 0.29) is 11.9 Å². The van der Waals surface area contributed by atoms with E-state index in [1.807, 2.05) is 18.0 Å². The lowest BCUT2D eigenvalue weighted by atomic mass is 10.1. The summed E-state index contributed by atoms with van der Waals surface area (Å²) in [5.41, 5.74) is 4.80. The summed E-state index contributed by atoms with van der Waals surface area (Å²) in [6, 6.07) is 10.5. The van der Waals surface area contributed by atoms with Crippen molar-refractivity contribution in [3.8, 4) is 0 Å². The molecule has 5 rings (SSSR count). The molecule has 1 saturated carbocycles. The van der Waals surface area contributed by atoms with Crippen molar-refractivity contribution in [2.75, 3.05) is 7.05 Å². The minimum atomic E-state index is 0.0387. The Morgan fingerprint density at radius 2 is 1.92 bits per heavy atom. The normalized spacial score (nSPS) is 16.8. The van der Waals surface area contributed by atoms with Crippen molar-refractivity contribution in [2.24, 2.45) is 5.92 Å². The van der Waals surface area contributed by atoms with Gasteiger partial charge in [0.15, 0.2) is 5.65 Å². The van der Waals surface area contributed by atoms with Gasteiger partial charge in [-0.25, -0.2) is 9.97 Å². The lowest BCUT2D eigenvalue weighted by Gasteiger charge is -2.24. The van der Waals surface area contributed by atoms with E-state index in [9.17, 15) is 4.79 Å². The second kappa shape index (κ2) is 5.94. The summed E-state index contributed by atoms with van der Waals surface area (Å²) in [6.45, 7) is 0. The summed E-state index contributed by atoms with van der Waals surface area (Å²) < 4.78 is 0. The number of carbonyl (C=O) groups excluding carboxylic acids is 1. The van der Waals surface area contributed by atoms with Crippen molar-refractivity contribution in [2.45, 2.75) is 38.1 Å². The fourth-order valence-corrected chi connectivity index (χ4v) is 3.99. The van der Waals surface area contributed by atoms with Gasteiger partial charge in [0.2, 0.25) is 0 Å². The first-order chi connectivity index (χ1) is 12.7. The maximum atomic E-state index is 13.2. The summed E-state index contributed by atoms with van der Waals surface area (Å²) in [5, 5.41) is 0. The van der Waals surface area contributed by atoms with Crippen LogP contribution in [0.2, 0.25) is 0 Å². The zero-order valence-corrected chi connectivity index (χ0v) is 14.9. The topological polar surface area (TPSA) is 61.9 Å². The summed E-state index contributed by atoms with van der Waals surface area (Å²) >= 11 is 0. The van der Waals surface area contributed by atoms with E-state index in [4.69, 9.17) is 0 Å².